The maximum atomic E-state index is 13.2. The lowest BCUT2D eigenvalue weighted by molar-refractivity contribution is 0.323. The van der Waals surface area contributed by atoms with E-state index < -0.39 is 10.0 Å². The van der Waals surface area contributed by atoms with Crippen LogP contribution < -0.4 is 0 Å². The first-order valence-electron chi connectivity index (χ1n) is 7.09. The molecule has 0 amide bonds. The molecule has 0 spiro atoms. The average Bonchev–Trinajstić information content (AvgIpc) is 3.05. The monoisotopic (exact) mass is 324 g/mol. The van der Waals surface area contributed by atoms with Crippen molar-refractivity contribution in [2.45, 2.75) is 25.3 Å². The Morgan fingerprint density at radius 3 is 3.00 bits per heavy atom. The van der Waals surface area contributed by atoms with E-state index in [-0.39, 0.29) is 11.9 Å². The fourth-order valence-corrected chi connectivity index (χ4v) is 3.91. The largest absolute Gasteiger partial charge is 0.444 e. The van der Waals surface area contributed by atoms with Crippen LogP contribution in [-0.4, -0.2) is 30.5 Å². The summed E-state index contributed by atoms with van der Waals surface area (Å²) in [6, 6.07) is 5.95. The fraction of sp³-hybridized carbons (Fsp3) is 0.400. The Hall–Kier alpha value is -1.73. The van der Waals surface area contributed by atoms with Crippen LogP contribution in [0.4, 0.5) is 4.39 Å². The number of hydrogen-bond acceptors (Lipinski definition) is 4. The molecule has 0 radical (unpaired) electrons. The predicted molar refractivity (Wildman–Crippen MR) is 79.2 cm³/mol. The standard InChI is InChI=1S/C15H17FN2O3S/c1-22(19,20)18-7-3-6-14(18)15-17-10-13(21-15)9-11-4-2-5-12(16)8-11/h2,4-5,8,10,14H,3,6-7,9H2,1H3. The second kappa shape index (κ2) is 5.81. The first-order chi connectivity index (χ1) is 10.4. The van der Waals surface area contributed by atoms with Gasteiger partial charge in [0.15, 0.2) is 0 Å². The van der Waals surface area contributed by atoms with Gasteiger partial charge >= 0.3 is 0 Å². The van der Waals surface area contributed by atoms with Crippen LogP contribution in [0, 0.1) is 5.82 Å². The van der Waals surface area contributed by atoms with E-state index >= 15 is 0 Å². The maximum Gasteiger partial charge on any atom is 0.212 e. The Kier molecular flexibility index (Phi) is 4.01. The van der Waals surface area contributed by atoms with Gasteiger partial charge < -0.3 is 4.42 Å². The zero-order valence-corrected chi connectivity index (χ0v) is 13.0. The van der Waals surface area contributed by atoms with Crippen molar-refractivity contribution in [2.24, 2.45) is 0 Å². The van der Waals surface area contributed by atoms with E-state index in [1.807, 2.05) is 6.07 Å². The molecule has 1 aliphatic heterocycles. The summed E-state index contributed by atoms with van der Waals surface area (Å²) >= 11 is 0. The highest BCUT2D eigenvalue weighted by Gasteiger charge is 2.35. The zero-order chi connectivity index (χ0) is 15.7. The third-order valence-corrected chi connectivity index (χ3v) is 5.04. The van der Waals surface area contributed by atoms with Crippen LogP contribution >= 0.6 is 0 Å². The molecule has 0 bridgehead atoms. The minimum atomic E-state index is -3.27. The van der Waals surface area contributed by atoms with Gasteiger partial charge in [0.1, 0.15) is 17.6 Å². The number of aromatic nitrogens is 1. The lowest BCUT2D eigenvalue weighted by Crippen LogP contribution is -2.29. The number of nitrogens with zero attached hydrogens (tertiary/aromatic N) is 2. The number of halogens is 1. The van der Waals surface area contributed by atoms with Gasteiger partial charge in [-0.1, -0.05) is 12.1 Å². The van der Waals surface area contributed by atoms with Crippen molar-refractivity contribution in [3.8, 4) is 0 Å². The Labute approximate surface area is 128 Å². The van der Waals surface area contributed by atoms with Crippen LogP contribution in [0.3, 0.4) is 0 Å². The second-order valence-corrected chi connectivity index (χ2v) is 7.44. The molecule has 7 heteroatoms. The van der Waals surface area contributed by atoms with Crippen LogP contribution in [0.2, 0.25) is 0 Å². The van der Waals surface area contributed by atoms with E-state index in [0.717, 1.165) is 12.0 Å². The molecule has 1 saturated heterocycles. The molecule has 2 aromatic rings. The summed E-state index contributed by atoms with van der Waals surface area (Å²) in [4.78, 5) is 4.21. The molecule has 0 N–H and O–H groups in total. The third kappa shape index (κ3) is 3.20. The molecule has 0 aliphatic carbocycles. The smallest absolute Gasteiger partial charge is 0.212 e. The Morgan fingerprint density at radius 2 is 2.27 bits per heavy atom. The van der Waals surface area contributed by atoms with Crippen molar-refractivity contribution in [1.29, 1.82) is 0 Å². The molecule has 1 aromatic heterocycles. The Balaban J connectivity index is 1.79. The van der Waals surface area contributed by atoms with Gasteiger partial charge in [0.2, 0.25) is 15.9 Å². The molecule has 1 atom stereocenters. The molecule has 1 aliphatic rings. The van der Waals surface area contributed by atoms with E-state index in [4.69, 9.17) is 4.42 Å². The number of sulfonamides is 1. The number of rotatable bonds is 4. The van der Waals surface area contributed by atoms with Crippen LogP contribution in [0.1, 0.15) is 36.1 Å². The van der Waals surface area contributed by atoms with E-state index in [1.165, 1.54) is 22.7 Å². The van der Waals surface area contributed by atoms with Crippen LogP contribution in [0.15, 0.2) is 34.9 Å². The minimum Gasteiger partial charge on any atom is -0.444 e. The number of oxazole rings is 1. The molecule has 0 saturated carbocycles. The Bertz CT molecular complexity index is 773. The highest BCUT2D eigenvalue weighted by atomic mass is 32.2. The molecular formula is C15H17FN2O3S. The van der Waals surface area contributed by atoms with Gasteiger partial charge in [0, 0.05) is 13.0 Å². The minimum absolute atomic E-state index is 0.295. The summed E-state index contributed by atoms with van der Waals surface area (Å²) in [7, 11) is -3.27. The van der Waals surface area contributed by atoms with Gasteiger partial charge in [-0.05, 0) is 30.5 Å². The van der Waals surface area contributed by atoms with Crippen LogP contribution in [0.25, 0.3) is 0 Å². The quantitative estimate of drug-likeness (QED) is 0.867. The molecule has 1 aromatic carbocycles. The van der Waals surface area contributed by atoms with Crippen molar-refractivity contribution < 1.29 is 17.2 Å². The molecule has 2 heterocycles. The first kappa shape index (κ1) is 15.2. The lowest BCUT2D eigenvalue weighted by Gasteiger charge is -2.19. The summed E-state index contributed by atoms with van der Waals surface area (Å²) in [6.07, 6.45) is 4.70. The summed E-state index contributed by atoms with van der Waals surface area (Å²) in [5, 5.41) is 0. The van der Waals surface area contributed by atoms with Crippen molar-refractivity contribution in [3.05, 3.63) is 53.5 Å². The average molecular weight is 324 g/mol. The third-order valence-electron chi connectivity index (χ3n) is 3.75. The zero-order valence-electron chi connectivity index (χ0n) is 12.2. The molecule has 3 rings (SSSR count). The van der Waals surface area contributed by atoms with Gasteiger partial charge in [0.25, 0.3) is 0 Å². The topological polar surface area (TPSA) is 63.4 Å². The summed E-state index contributed by atoms with van der Waals surface area (Å²) in [6.45, 7) is 0.491. The first-order valence-corrected chi connectivity index (χ1v) is 8.94. The summed E-state index contributed by atoms with van der Waals surface area (Å²) in [5.74, 6) is 0.714. The SMILES string of the molecule is CS(=O)(=O)N1CCCC1c1ncc(Cc2cccc(F)c2)o1. The van der Waals surface area contributed by atoms with Crippen molar-refractivity contribution in [1.82, 2.24) is 9.29 Å². The van der Waals surface area contributed by atoms with E-state index in [2.05, 4.69) is 4.98 Å². The Morgan fingerprint density at radius 1 is 1.45 bits per heavy atom. The molecular weight excluding hydrogens is 307 g/mol. The number of hydrogen-bond donors (Lipinski definition) is 0. The second-order valence-electron chi connectivity index (χ2n) is 5.50. The van der Waals surface area contributed by atoms with Crippen molar-refractivity contribution in [3.63, 3.8) is 0 Å². The van der Waals surface area contributed by atoms with Gasteiger partial charge in [-0.3, -0.25) is 0 Å². The van der Waals surface area contributed by atoms with Gasteiger partial charge in [-0.25, -0.2) is 17.8 Å². The predicted octanol–water partition coefficient (Wildman–Crippen LogP) is 2.50. The molecule has 118 valence electrons. The highest BCUT2D eigenvalue weighted by Crippen LogP contribution is 2.33. The van der Waals surface area contributed by atoms with Crippen molar-refractivity contribution in [2.75, 3.05) is 12.8 Å². The highest BCUT2D eigenvalue weighted by molar-refractivity contribution is 7.88. The van der Waals surface area contributed by atoms with Crippen LogP contribution in [-0.2, 0) is 16.4 Å². The molecule has 1 fully saturated rings. The van der Waals surface area contributed by atoms with Gasteiger partial charge in [0.05, 0.1) is 12.5 Å². The normalized spacial score (nSPS) is 19.6. The number of benzene rings is 1. The van der Waals surface area contributed by atoms with Crippen molar-refractivity contribution >= 4 is 10.0 Å². The van der Waals surface area contributed by atoms with E-state index in [1.54, 1.807) is 12.3 Å². The van der Waals surface area contributed by atoms with Gasteiger partial charge in [-0.2, -0.15) is 4.31 Å². The maximum absolute atomic E-state index is 13.2. The van der Waals surface area contributed by atoms with Gasteiger partial charge in [-0.15, -0.1) is 0 Å². The lowest BCUT2D eigenvalue weighted by atomic mass is 10.1. The summed E-state index contributed by atoms with van der Waals surface area (Å²) in [5.41, 5.74) is 0.786. The molecule has 1 unspecified atom stereocenters. The summed E-state index contributed by atoms with van der Waals surface area (Å²) < 4.78 is 43.8. The van der Waals surface area contributed by atoms with E-state index in [9.17, 15) is 12.8 Å². The molecule has 22 heavy (non-hydrogen) atoms. The fourth-order valence-electron chi connectivity index (χ4n) is 2.79. The van der Waals surface area contributed by atoms with Crippen LogP contribution in [0.5, 0.6) is 0 Å². The molecule has 5 nitrogen and oxygen atoms in total. The van der Waals surface area contributed by atoms with E-state index in [0.29, 0.717) is 31.0 Å².